The Bertz CT molecular complexity index is 1570. The number of sulfonamides is 1. The summed E-state index contributed by atoms with van der Waals surface area (Å²) in [6.45, 7) is 7.21. The highest BCUT2D eigenvalue weighted by Crippen LogP contribution is 2.31. The molecule has 0 unspecified atom stereocenters. The Kier molecular flexibility index (Phi) is 7.84. The number of hydrogen-bond acceptors (Lipinski definition) is 7. The molecule has 0 spiro atoms. The van der Waals surface area contributed by atoms with Crippen molar-refractivity contribution in [1.82, 2.24) is 19.4 Å². The van der Waals surface area contributed by atoms with Gasteiger partial charge < -0.3 is 9.64 Å². The topological polar surface area (TPSA) is 106 Å². The van der Waals surface area contributed by atoms with Gasteiger partial charge in [-0.15, -0.1) is 0 Å². The van der Waals surface area contributed by atoms with Crippen LogP contribution >= 0.6 is 0 Å². The number of hydrogen-bond donors (Lipinski definition) is 1. The average molecular weight is 526 g/mol. The van der Waals surface area contributed by atoms with Crippen molar-refractivity contribution < 1.29 is 17.5 Å². The molecule has 2 aromatic carbocycles. The van der Waals surface area contributed by atoms with Crippen LogP contribution in [0.2, 0.25) is 0 Å². The molecule has 37 heavy (non-hydrogen) atoms. The third-order valence-corrected chi connectivity index (χ3v) is 7.50. The SMILES string of the molecule is CCN(CC)CCn1cnc2ccc(-c3cnc(OC)c(NS(=O)(=O)c4ccc(F)cc4)c3)cc2c1=O. The van der Waals surface area contributed by atoms with Crippen LogP contribution in [0.5, 0.6) is 5.88 Å². The Hall–Kier alpha value is -3.83. The minimum Gasteiger partial charge on any atom is -0.480 e. The first-order valence-corrected chi connectivity index (χ1v) is 13.3. The van der Waals surface area contributed by atoms with Gasteiger partial charge in [0.15, 0.2) is 0 Å². The van der Waals surface area contributed by atoms with Gasteiger partial charge in [-0.25, -0.2) is 22.8 Å². The molecule has 0 aliphatic rings. The zero-order chi connectivity index (χ0) is 26.6. The van der Waals surface area contributed by atoms with Crippen molar-refractivity contribution in [3.05, 3.63) is 77.2 Å². The zero-order valence-corrected chi connectivity index (χ0v) is 21.6. The average Bonchev–Trinajstić information content (AvgIpc) is 2.90. The molecule has 1 N–H and O–H groups in total. The van der Waals surface area contributed by atoms with Crippen molar-refractivity contribution in [3.8, 4) is 17.0 Å². The van der Waals surface area contributed by atoms with Crippen molar-refractivity contribution in [1.29, 1.82) is 0 Å². The van der Waals surface area contributed by atoms with Gasteiger partial charge in [-0.05, 0) is 61.1 Å². The second-order valence-corrected chi connectivity index (χ2v) is 10.0. The highest BCUT2D eigenvalue weighted by molar-refractivity contribution is 7.92. The molecule has 2 heterocycles. The van der Waals surface area contributed by atoms with Gasteiger partial charge in [0.1, 0.15) is 11.5 Å². The van der Waals surface area contributed by atoms with E-state index < -0.39 is 15.8 Å². The summed E-state index contributed by atoms with van der Waals surface area (Å²) in [4.78, 5) is 24.0. The molecule has 0 saturated carbocycles. The van der Waals surface area contributed by atoms with E-state index in [0.717, 1.165) is 31.8 Å². The number of rotatable bonds is 10. The minimum absolute atomic E-state index is 0.0654. The van der Waals surface area contributed by atoms with E-state index in [-0.39, 0.29) is 22.0 Å². The molecule has 0 aliphatic carbocycles. The number of benzene rings is 2. The van der Waals surface area contributed by atoms with Gasteiger partial charge in [0.05, 0.1) is 29.2 Å². The van der Waals surface area contributed by atoms with Crippen LogP contribution in [0, 0.1) is 5.82 Å². The number of nitrogens with one attached hydrogen (secondary N) is 1. The summed E-state index contributed by atoms with van der Waals surface area (Å²) >= 11 is 0. The summed E-state index contributed by atoms with van der Waals surface area (Å²) in [5.74, 6) is -0.478. The highest BCUT2D eigenvalue weighted by atomic mass is 32.2. The molecule has 9 nitrogen and oxygen atoms in total. The molecule has 4 aromatic rings. The van der Waals surface area contributed by atoms with Crippen LogP contribution in [0.15, 0.2) is 70.7 Å². The van der Waals surface area contributed by atoms with Crippen LogP contribution < -0.4 is 15.0 Å². The fraction of sp³-hybridized carbons (Fsp3) is 0.269. The van der Waals surface area contributed by atoms with E-state index in [2.05, 4.69) is 33.4 Å². The quantitative estimate of drug-likeness (QED) is 0.336. The monoisotopic (exact) mass is 525 g/mol. The Morgan fingerprint density at radius 2 is 1.76 bits per heavy atom. The van der Waals surface area contributed by atoms with Gasteiger partial charge in [0.25, 0.3) is 15.6 Å². The number of ether oxygens (including phenoxy) is 1. The number of methoxy groups -OCH3 is 1. The van der Waals surface area contributed by atoms with Crippen molar-refractivity contribution in [2.24, 2.45) is 0 Å². The van der Waals surface area contributed by atoms with Gasteiger partial charge >= 0.3 is 0 Å². The summed E-state index contributed by atoms with van der Waals surface area (Å²) in [7, 11) is -2.66. The number of anilines is 1. The van der Waals surface area contributed by atoms with E-state index in [0.29, 0.717) is 28.6 Å². The van der Waals surface area contributed by atoms with Crippen LogP contribution in [0.4, 0.5) is 10.1 Å². The zero-order valence-electron chi connectivity index (χ0n) is 20.8. The maximum absolute atomic E-state index is 13.3. The Morgan fingerprint density at radius 3 is 2.43 bits per heavy atom. The fourth-order valence-electron chi connectivity index (χ4n) is 3.95. The Balaban J connectivity index is 1.69. The maximum Gasteiger partial charge on any atom is 0.262 e. The maximum atomic E-state index is 13.3. The first kappa shape index (κ1) is 26.2. The van der Waals surface area contributed by atoms with E-state index in [1.807, 2.05) is 0 Å². The molecule has 0 bridgehead atoms. The molecule has 4 rings (SSSR count). The lowest BCUT2D eigenvalue weighted by Crippen LogP contribution is -2.31. The molecular weight excluding hydrogens is 497 g/mol. The Morgan fingerprint density at radius 1 is 1.03 bits per heavy atom. The molecular formula is C26H28FN5O4S. The molecule has 11 heteroatoms. The van der Waals surface area contributed by atoms with Crippen LogP contribution in [-0.2, 0) is 16.6 Å². The van der Waals surface area contributed by atoms with Crippen LogP contribution in [0.1, 0.15) is 13.8 Å². The number of pyridine rings is 1. The van der Waals surface area contributed by atoms with Crippen molar-refractivity contribution in [3.63, 3.8) is 0 Å². The third kappa shape index (κ3) is 5.78. The number of likely N-dealkylation sites (N-methyl/N-ethyl adjacent to an activating group) is 1. The van der Waals surface area contributed by atoms with Crippen molar-refractivity contribution in [2.75, 3.05) is 31.5 Å². The van der Waals surface area contributed by atoms with Crippen molar-refractivity contribution >= 4 is 26.6 Å². The minimum atomic E-state index is -4.03. The van der Waals surface area contributed by atoms with Crippen molar-refractivity contribution in [2.45, 2.75) is 25.3 Å². The van der Waals surface area contributed by atoms with Crippen LogP contribution in [0.25, 0.3) is 22.0 Å². The molecule has 194 valence electrons. The van der Waals surface area contributed by atoms with Gasteiger partial charge in [0, 0.05) is 24.8 Å². The number of fused-ring (bicyclic) bond motifs is 1. The Labute approximate surface area is 214 Å². The van der Waals surface area contributed by atoms with Crippen LogP contribution in [-0.4, -0.2) is 54.6 Å². The molecule has 0 saturated heterocycles. The first-order valence-electron chi connectivity index (χ1n) is 11.8. The smallest absolute Gasteiger partial charge is 0.262 e. The molecule has 2 aromatic heterocycles. The third-order valence-electron chi connectivity index (χ3n) is 6.12. The second kappa shape index (κ2) is 11.1. The van der Waals surface area contributed by atoms with E-state index >= 15 is 0 Å². The van der Waals surface area contributed by atoms with E-state index in [1.165, 1.54) is 25.4 Å². The van der Waals surface area contributed by atoms with E-state index in [4.69, 9.17) is 4.74 Å². The number of aromatic nitrogens is 3. The standard InChI is InChI=1S/C26H28FN5O4S/c1-4-31(5-2)12-13-32-17-29-23-11-6-18(14-22(23)26(32)33)19-15-24(25(36-3)28-16-19)30-37(34,35)21-9-7-20(27)8-10-21/h6-11,14-17,30H,4-5,12-13H2,1-3H3. The lowest BCUT2D eigenvalue weighted by Gasteiger charge is -2.18. The molecule has 0 fully saturated rings. The number of halogens is 1. The summed E-state index contributed by atoms with van der Waals surface area (Å²) < 4.78 is 48.3. The highest BCUT2D eigenvalue weighted by Gasteiger charge is 2.18. The molecule has 0 aliphatic heterocycles. The lowest BCUT2D eigenvalue weighted by atomic mass is 10.1. The summed E-state index contributed by atoms with van der Waals surface area (Å²) in [6, 6.07) is 11.3. The summed E-state index contributed by atoms with van der Waals surface area (Å²) in [5, 5.41) is 0.448. The van der Waals surface area contributed by atoms with E-state index in [9.17, 15) is 17.6 Å². The lowest BCUT2D eigenvalue weighted by molar-refractivity contribution is 0.289. The van der Waals surface area contributed by atoms with Gasteiger partial charge in [0.2, 0.25) is 5.88 Å². The van der Waals surface area contributed by atoms with Gasteiger partial charge in [-0.1, -0.05) is 19.9 Å². The molecule has 0 amide bonds. The predicted molar refractivity (Wildman–Crippen MR) is 141 cm³/mol. The summed E-state index contributed by atoms with van der Waals surface area (Å²) in [5.41, 5.74) is 1.74. The fourth-order valence-corrected chi connectivity index (χ4v) is 5.00. The normalized spacial score (nSPS) is 11.7. The predicted octanol–water partition coefficient (Wildman–Crippen LogP) is 3.75. The van der Waals surface area contributed by atoms with E-state index in [1.54, 1.807) is 35.2 Å². The van der Waals surface area contributed by atoms with Gasteiger partial charge in [-0.2, -0.15) is 0 Å². The van der Waals surface area contributed by atoms with Gasteiger partial charge in [-0.3, -0.25) is 14.1 Å². The molecule has 0 radical (unpaired) electrons. The number of nitrogens with zero attached hydrogens (tertiary/aromatic N) is 4. The largest absolute Gasteiger partial charge is 0.480 e. The van der Waals surface area contributed by atoms with Crippen LogP contribution in [0.3, 0.4) is 0 Å². The second-order valence-electron chi connectivity index (χ2n) is 8.34. The summed E-state index contributed by atoms with van der Waals surface area (Å²) in [6.07, 6.45) is 3.09. The first-order chi connectivity index (χ1) is 17.7. The molecule has 0 atom stereocenters.